The van der Waals surface area contributed by atoms with Gasteiger partial charge in [-0.05, 0) is 13.1 Å². The van der Waals surface area contributed by atoms with E-state index in [4.69, 9.17) is 5.21 Å². The SMILES string of the molecule is CCN(CC)CCN1CCC(=NO)CC1. The molecule has 1 aliphatic rings. The lowest BCUT2D eigenvalue weighted by molar-refractivity contribution is 0.211. The van der Waals surface area contributed by atoms with E-state index in [0.29, 0.717) is 0 Å². The van der Waals surface area contributed by atoms with Gasteiger partial charge in [0.2, 0.25) is 0 Å². The second kappa shape index (κ2) is 6.80. The van der Waals surface area contributed by atoms with Crippen molar-refractivity contribution in [3.8, 4) is 0 Å². The molecular formula is C11H23N3O. The topological polar surface area (TPSA) is 39.1 Å². The summed E-state index contributed by atoms with van der Waals surface area (Å²) in [4.78, 5) is 4.89. The van der Waals surface area contributed by atoms with E-state index in [-0.39, 0.29) is 0 Å². The molecule has 0 amide bonds. The molecule has 4 heteroatoms. The number of hydrogen-bond acceptors (Lipinski definition) is 4. The van der Waals surface area contributed by atoms with Crippen molar-refractivity contribution in [3.63, 3.8) is 0 Å². The van der Waals surface area contributed by atoms with Crippen LogP contribution in [0, 0.1) is 0 Å². The van der Waals surface area contributed by atoms with E-state index in [1.807, 2.05) is 0 Å². The Morgan fingerprint density at radius 1 is 1.27 bits per heavy atom. The quantitative estimate of drug-likeness (QED) is 0.552. The molecule has 0 aromatic heterocycles. The maximum absolute atomic E-state index is 8.63. The second-order valence-corrected chi connectivity index (χ2v) is 4.03. The lowest BCUT2D eigenvalue weighted by Crippen LogP contribution is -2.39. The van der Waals surface area contributed by atoms with Gasteiger partial charge in [-0.15, -0.1) is 0 Å². The lowest BCUT2D eigenvalue weighted by Gasteiger charge is -2.29. The van der Waals surface area contributed by atoms with Crippen LogP contribution >= 0.6 is 0 Å². The minimum atomic E-state index is 0.925. The predicted octanol–water partition coefficient (Wildman–Crippen LogP) is 1.25. The molecule has 0 aromatic rings. The summed E-state index contributed by atoms with van der Waals surface area (Å²) in [5.74, 6) is 0. The van der Waals surface area contributed by atoms with Crippen molar-refractivity contribution >= 4 is 5.71 Å². The normalized spacial score (nSPS) is 18.5. The van der Waals surface area contributed by atoms with E-state index in [9.17, 15) is 0 Å². The molecule has 0 atom stereocenters. The Morgan fingerprint density at radius 2 is 1.87 bits per heavy atom. The molecule has 1 N–H and O–H groups in total. The Kier molecular flexibility index (Phi) is 5.65. The van der Waals surface area contributed by atoms with Crippen LogP contribution in [0.15, 0.2) is 5.16 Å². The molecule has 0 aromatic carbocycles. The van der Waals surface area contributed by atoms with Crippen LogP contribution in [0.3, 0.4) is 0 Å². The molecule has 88 valence electrons. The predicted molar refractivity (Wildman–Crippen MR) is 62.7 cm³/mol. The van der Waals surface area contributed by atoms with E-state index < -0.39 is 0 Å². The van der Waals surface area contributed by atoms with Crippen molar-refractivity contribution in [2.75, 3.05) is 39.3 Å². The van der Waals surface area contributed by atoms with Gasteiger partial charge in [-0.1, -0.05) is 19.0 Å². The Labute approximate surface area is 92.5 Å². The van der Waals surface area contributed by atoms with Crippen LogP contribution in [0.1, 0.15) is 26.7 Å². The maximum atomic E-state index is 8.63. The Morgan fingerprint density at radius 3 is 2.33 bits per heavy atom. The fourth-order valence-corrected chi connectivity index (χ4v) is 1.96. The third-order valence-electron chi connectivity index (χ3n) is 3.20. The number of rotatable bonds is 5. The van der Waals surface area contributed by atoms with E-state index in [2.05, 4.69) is 28.8 Å². The largest absolute Gasteiger partial charge is 0.411 e. The van der Waals surface area contributed by atoms with Gasteiger partial charge in [0.15, 0.2) is 0 Å². The molecule has 0 bridgehead atoms. The number of likely N-dealkylation sites (N-methyl/N-ethyl adjacent to an activating group) is 1. The average Bonchev–Trinajstić information content (AvgIpc) is 2.31. The van der Waals surface area contributed by atoms with Gasteiger partial charge in [0, 0.05) is 39.0 Å². The molecule has 1 aliphatic heterocycles. The maximum Gasteiger partial charge on any atom is 0.0596 e. The summed E-state index contributed by atoms with van der Waals surface area (Å²) in [6.07, 6.45) is 1.85. The zero-order valence-corrected chi connectivity index (χ0v) is 9.95. The average molecular weight is 213 g/mol. The van der Waals surface area contributed by atoms with Crippen LogP contribution in [0.25, 0.3) is 0 Å². The van der Waals surface area contributed by atoms with Crippen molar-refractivity contribution in [2.24, 2.45) is 5.16 Å². The minimum Gasteiger partial charge on any atom is -0.411 e. The number of likely N-dealkylation sites (tertiary alicyclic amines) is 1. The molecule has 1 fully saturated rings. The summed E-state index contributed by atoms with van der Waals surface area (Å²) in [6, 6.07) is 0. The second-order valence-electron chi connectivity index (χ2n) is 4.03. The number of nitrogens with zero attached hydrogens (tertiary/aromatic N) is 3. The number of hydrogen-bond donors (Lipinski definition) is 1. The summed E-state index contributed by atoms with van der Waals surface area (Å²) in [5.41, 5.74) is 0.953. The highest BCUT2D eigenvalue weighted by Crippen LogP contribution is 2.06. The van der Waals surface area contributed by atoms with Gasteiger partial charge < -0.3 is 15.0 Å². The first-order chi connectivity index (χ1) is 7.30. The summed E-state index contributed by atoms with van der Waals surface area (Å²) in [7, 11) is 0. The van der Waals surface area contributed by atoms with Crippen LogP contribution in [0.2, 0.25) is 0 Å². The smallest absolute Gasteiger partial charge is 0.0596 e. The first kappa shape index (κ1) is 12.5. The Hall–Kier alpha value is -0.610. The molecule has 1 heterocycles. The molecule has 0 aliphatic carbocycles. The van der Waals surface area contributed by atoms with E-state index in [1.54, 1.807) is 0 Å². The zero-order valence-electron chi connectivity index (χ0n) is 9.95. The van der Waals surface area contributed by atoms with E-state index >= 15 is 0 Å². The highest BCUT2D eigenvalue weighted by Gasteiger charge is 2.15. The van der Waals surface area contributed by atoms with Crippen molar-refractivity contribution in [3.05, 3.63) is 0 Å². The molecule has 15 heavy (non-hydrogen) atoms. The minimum absolute atomic E-state index is 0.925. The number of oxime groups is 1. The van der Waals surface area contributed by atoms with Gasteiger partial charge in [0.05, 0.1) is 5.71 Å². The van der Waals surface area contributed by atoms with E-state index in [0.717, 1.165) is 57.8 Å². The van der Waals surface area contributed by atoms with Crippen molar-refractivity contribution < 1.29 is 5.21 Å². The van der Waals surface area contributed by atoms with Crippen molar-refractivity contribution in [2.45, 2.75) is 26.7 Å². The molecule has 4 nitrogen and oxygen atoms in total. The van der Waals surface area contributed by atoms with Crippen molar-refractivity contribution in [1.29, 1.82) is 0 Å². The van der Waals surface area contributed by atoms with Gasteiger partial charge in [-0.2, -0.15) is 0 Å². The Bertz CT molecular complexity index is 192. The van der Waals surface area contributed by atoms with Gasteiger partial charge in [0.1, 0.15) is 0 Å². The molecule has 0 spiro atoms. The molecule has 0 radical (unpaired) electrons. The highest BCUT2D eigenvalue weighted by atomic mass is 16.4. The Balaban J connectivity index is 2.18. The van der Waals surface area contributed by atoms with Crippen LogP contribution in [-0.4, -0.2) is 60.0 Å². The monoisotopic (exact) mass is 213 g/mol. The molecular weight excluding hydrogens is 190 g/mol. The summed E-state index contributed by atoms with van der Waals surface area (Å²) in [6.45, 7) is 11.0. The molecule has 0 unspecified atom stereocenters. The lowest BCUT2D eigenvalue weighted by atomic mass is 10.1. The van der Waals surface area contributed by atoms with Gasteiger partial charge in [0.25, 0.3) is 0 Å². The summed E-state index contributed by atoms with van der Waals surface area (Å²) >= 11 is 0. The van der Waals surface area contributed by atoms with Crippen LogP contribution < -0.4 is 0 Å². The molecule has 1 saturated heterocycles. The van der Waals surface area contributed by atoms with Gasteiger partial charge in [-0.25, -0.2) is 0 Å². The first-order valence-electron chi connectivity index (χ1n) is 5.94. The van der Waals surface area contributed by atoms with Gasteiger partial charge >= 0.3 is 0 Å². The highest BCUT2D eigenvalue weighted by molar-refractivity contribution is 5.84. The molecule has 0 saturated carbocycles. The first-order valence-corrected chi connectivity index (χ1v) is 5.94. The molecule has 1 rings (SSSR count). The standard InChI is InChI=1S/C11H23N3O/c1-3-13(4-2)9-10-14-7-5-11(12-15)6-8-14/h15H,3-10H2,1-2H3. The van der Waals surface area contributed by atoms with Gasteiger partial charge in [-0.3, -0.25) is 0 Å². The fraction of sp³-hybridized carbons (Fsp3) is 0.909. The summed E-state index contributed by atoms with van der Waals surface area (Å²) in [5, 5.41) is 11.9. The summed E-state index contributed by atoms with van der Waals surface area (Å²) < 4.78 is 0. The zero-order chi connectivity index (χ0) is 11.1. The third kappa shape index (κ3) is 4.18. The third-order valence-corrected chi connectivity index (χ3v) is 3.20. The van der Waals surface area contributed by atoms with Crippen LogP contribution in [0.4, 0.5) is 0 Å². The van der Waals surface area contributed by atoms with Crippen LogP contribution in [-0.2, 0) is 0 Å². The van der Waals surface area contributed by atoms with Crippen LogP contribution in [0.5, 0.6) is 0 Å². The van der Waals surface area contributed by atoms with E-state index in [1.165, 1.54) is 0 Å². The number of piperidine rings is 1. The fourth-order valence-electron chi connectivity index (χ4n) is 1.96. The van der Waals surface area contributed by atoms with Crippen molar-refractivity contribution in [1.82, 2.24) is 9.80 Å².